The molecule has 27 heavy (non-hydrogen) atoms. The molecular formula is C22H26N2O3. The van der Waals surface area contributed by atoms with Crippen molar-refractivity contribution in [2.45, 2.75) is 44.6 Å². The molecule has 1 amide bonds. The molecule has 142 valence electrons. The Hall–Kier alpha value is -2.56. The van der Waals surface area contributed by atoms with E-state index in [1.54, 1.807) is 12.1 Å². The van der Waals surface area contributed by atoms with Crippen LogP contribution in [0.1, 0.15) is 48.9 Å². The van der Waals surface area contributed by atoms with Crippen LogP contribution in [0.15, 0.2) is 48.8 Å². The minimum Gasteiger partial charge on any atom is -0.452 e. The Kier molecular flexibility index (Phi) is 5.28. The lowest BCUT2D eigenvalue weighted by Gasteiger charge is -2.44. The summed E-state index contributed by atoms with van der Waals surface area (Å²) in [5, 5.41) is 0. The second-order valence-electron chi connectivity index (χ2n) is 7.55. The minimum atomic E-state index is -0.445. The lowest BCUT2D eigenvalue weighted by molar-refractivity contribution is -0.140. The second kappa shape index (κ2) is 7.99. The summed E-state index contributed by atoms with van der Waals surface area (Å²) in [4.78, 5) is 26.9. The van der Waals surface area contributed by atoms with Gasteiger partial charge in [-0.05, 0) is 68.0 Å². The van der Waals surface area contributed by atoms with Gasteiger partial charge in [0.15, 0.2) is 6.61 Å². The number of carbonyl (C=O) groups is 2. The number of carbonyl (C=O) groups excluding carboxylic acids is 2. The van der Waals surface area contributed by atoms with Crippen LogP contribution in [0.25, 0.3) is 5.69 Å². The predicted molar refractivity (Wildman–Crippen MR) is 103 cm³/mol. The molecule has 5 heteroatoms. The molecule has 2 heterocycles. The zero-order chi connectivity index (χ0) is 18.6. The Morgan fingerprint density at radius 3 is 2.44 bits per heavy atom. The molecular weight excluding hydrogens is 340 g/mol. The van der Waals surface area contributed by atoms with Crippen molar-refractivity contribution >= 4 is 11.9 Å². The highest BCUT2D eigenvalue weighted by Crippen LogP contribution is 2.35. The Balaban J connectivity index is 1.34. The van der Waals surface area contributed by atoms with Crippen LogP contribution in [0.5, 0.6) is 0 Å². The minimum absolute atomic E-state index is 0.0519. The number of ether oxygens (including phenoxy) is 1. The summed E-state index contributed by atoms with van der Waals surface area (Å²) in [6.45, 7) is 0.629. The van der Waals surface area contributed by atoms with Crippen LogP contribution < -0.4 is 0 Å². The number of benzene rings is 1. The first-order valence-corrected chi connectivity index (χ1v) is 9.92. The maximum Gasteiger partial charge on any atom is 0.338 e. The number of likely N-dealkylation sites (tertiary alicyclic amines) is 1. The molecule has 1 aromatic heterocycles. The van der Waals surface area contributed by atoms with Crippen LogP contribution in [-0.4, -0.2) is 40.5 Å². The highest BCUT2D eigenvalue weighted by atomic mass is 16.5. The molecule has 0 radical (unpaired) electrons. The Morgan fingerprint density at radius 2 is 1.67 bits per heavy atom. The van der Waals surface area contributed by atoms with Gasteiger partial charge < -0.3 is 14.2 Å². The summed E-state index contributed by atoms with van der Waals surface area (Å²) in [5.74, 6) is 0.136. The first-order valence-electron chi connectivity index (χ1n) is 9.92. The summed E-state index contributed by atoms with van der Waals surface area (Å²) < 4.78 is 7.28. The monoisotopic (exact) mass is 366 g/mol. The number of rotatable bonds is 4. The molecule has 1 aliphatic heterocycles. The molecule has 1 aliphatic carbocycles. The van der Waals surface area contributed by atoms with Gasteiger partial charge in [-0.3, -0.25) is 4.79 Å². The van der Waals surface area contributed by atoms with E-state index in [1.165, 1.54) is 25.7 Å². The number of esters is 1. The zero-order valence-corrected chi connectivity index (χ0v) is 15.5. The van der Waals surface area contributed by atoms with Crippen LogP contribution in [0.4, 0.5) is 0 Å². The van der Waals surface area contributed by atoms with Crippen molar-refractivity contribution in [2.75, 3.05) is 13.2 Å². The van der Waals surface area contributed by atoms with Crippen molar-refractivity contribution in [3.05, 3.63) is 54.4 Å². The molecule has 0 spiro atoms. The normalized spacial score (nSPS) is 22.1. The molecule has 5 nitrogen and oxygen atoms in total. The van der Waals surface area contributed by atoms with Crippen LogP contribution in [0, 0.1) is 5.92 Å². The smallest absolute Gasteiger partial charge is 0.338 e. The van der Waals surface area contributed by atoms with Gasteiger partial charge in [0.05, 0.1) is 5.56 Å². The average molecular weight is 366 g/mol. The molecule has 1 aromatic carbocycles. The van der Waals surface area contributed by atoms with Gasteiger partial charge in [0.1, 0.15) is 0 Å². The molecule has 2 aliphatic rings. The number of hydrogen-bond donors (Lipinski definition) is 0. The fourth-order valence-corrected chi connectivity index (χ4v) is 4.50. The van der Waals surface area contributed by atoms with Crippen molar-refractivity contribution < 1.29 is 14.3 Å². The standard InChI is InChI=1S/C22H26N2O3/c25-21(24-15-5-7-17-6-1-2-8-20(17)24)16-27-22(26)18-9-11-19(12-10-18)23-13-3-4-14-23/h3-4,9-14,17,20H,1-2,5-8,15-16H2/t17-,20-/m1/s1. The first-order chi connectivity index (χ1) is 13.2. The number of piperidine rings is 1. The van der Waals surface area contributed by atoms with Crippen LogP contribution in [0.3, 0.4) is 0 Å². The zero-order valence-electron chi connectivity index (χ0n) is 15.5. The maximum atomic E-state index is 12.6. The van der Waals surface area contributed by atoms with E-state index in [1.807, 2.05) is 46.1 Å². The summed E-state index contributed by atoms with van der Waals surface area (Å²) in [7, 11) is 0. The first kappa shape index (κ1) is 17.8. The summed E-state index contributed by atoms with van der Waals surface area (Å²) in [5.41, 5.74) is 1.44. The average Bonchev–Trinajstić information content (AvgIpc) is 3.26. The topological polar surface area (TPSA) is 51.5 Å². The van der Waals surface area contributed by atoms with Crippen LogP contribution >= 0.6 is 0 Å². The summed E-state index contributed by atoms with van der Waals surface area (Å²) >= 11 is 0. The van der Waals surface area contributed by atoms with E-state index in [9.17, 15) is 9.59 Å². The van der Waals surface area contributed by atoms with Gasteiger partial charge in [-0.15, -0.1) is 0 Å². The number of amides is 1. The van der Waals surface area contributed by atoms with Gasteiger partial charge in [-0.1, -0.05) is 12.8 Å². The molecule has 0 unspecified atom stereocenters. The predicted octanol–water partition coefficient (Wildman–Crippen LogP) is 3.82. The fourth-order valence-electron chi connectivity index (χ4n) is 4.50. The molecule has 1 saturated carbocycles. The summed E-state index contributed by atoms with van der Waals surface area (Å²) in [6.07, 6.45) is 11.0. The van der Waals surface area contributed by atoms with Crippen LogP contribution in [0.2, 0.25) is 0 Å². The van der Waals surface area contributed by atoms with E-state index in [0.29, 0.717) is 17.5 Å². The van der Waals surface area contributed by atoms with Gasteiger partial charge in [-0.25, -0.2) is 4.79 Å². The van der Waals surface area contributed by atoms with E-state index >= 15 is 0 Å². The molecule has 0 bridgehead atoms. The van der Waals surface area contributed by atoms with E-state index in [2.05, 4.69) is 0 Å². The molecule has 1 saturated heterocycles. The van der Waals surface area contributed by atoms with Gasteiger partial charge >= 0.3 is 5.97 Å². The Morgan fingerprint density at radius 1 is 0.963 bits per heavy atom. The third-order valence-corrected chi connectivity index (χ3v) is 5.90. The lowest BCUT2D eigenvalue weighted by atomic mass is 9.78. The number of fused-ring (bicyclic) bond motifs is 1. The third-order valence-electron chi connectivity index (χ3n) is 5.90. The van der Waals surface area contributed by atoms with Gasteiger partial charge in [0.25, 0.3) is 5.91 Å². The van der Waals surface area contributed by atoms with Crippen molar-refractivity contribution in [1.82, 2.24) is 9.47 Å². The van der Waals surface area contributed by atoms with Crippen molar-refractivity contribution in [3.8, 4) is 5.69 Å². The van der Waals surface area contributed by atoms with Crippen molar-refractivity contribution in [1.29, 1.82) is 0 Å². The molecule has 2 aromatic rings. The van der Waals surface area contributed by atoms with Gasteiger partial charge in [0, 0.05) is 30.7 Å². The van der Waals surface area contributed by atoms with Gasteiger partial charge in [-0.2, -0.15) is 0 Å². The molecule has 0 N–H and O–H groups in total. The summed E-state index contributed by atoms with van der Waals surface area (Å²) in [6, 6.07) is 11.5. The Labute approximate surface area is 159 Å². The quantitative estimate of drug-likeness (QED) is 0.773. The Bertz CT molecular complexity index is 780. The number of nitrogens with zero attached hydrogens (tertiary/aromatic N) is 2. The van der Waals surface area contributed by atoms with E-state index < -0.39 is 5.97 Å². The lowest BCUT2D eigenvalue weighted by Crippen LogP contribution is -2.50. The second-order valence-corrected chi connectivity index (χ2v) is 7.55. The van der Waals surface area contributed by atoms with Gasteiger partial charge in [0.2, 0.25) is 0 Å². The highest BCUT2D eigenvalue weighted by Gasteiger charge is 2.35. The van der Waals surface area contributed by atoms with Crippen LogP contribution in [-0.2, 0) is 9.53 Å². The third kappa shape index (κ3) is 3.92. The fraction of sp³-hybridized carbons (Fsp3) is 0.455. The largest absolute Gasteiger partial charge is 0.452 e. The number of aromatic nitrogens is 1. The van der Waals surface area contributed by atoms with Crippen molar-refractivity contribution in [2.24, 2.45) is 5.92 Å². The number of hydrogen-bond acceptors (Lipinski definition) is 3. The highest BCUT2D eigenvalue weighted by molar-refractivity contribution is 5.91. The van der Waals surface area contributed by atoms with Crippen molar-refractivity contribution in [3.63, 3.8) is 0 Å². The van der Waals surface area contributed by atoms with E-state index in [-0.39, 0.29) is 12.5 Å². The maximum absolute atomic E-state index is 12.6. The molecule has 4 rings (SSSR count). The van der Waals surface area contributed by atoms with E-state index in [0.717, 1.165) is 25.1 Å². The SMILES string of the molecule is O=C(OCC(=O)N1CCC[C@H]2CCCC[C@H]21)c1ccc(-n2cccc2)cc1. The van der Waals surface area contributed by atoms with E-state index in [4.69, 9.17) is 4.74 Å². The molecule has 2 atom stereocenters. The molecule has 2 fully saturated rings.